The SMILES string of the molecule is [C-]#[N+]C1=C[C@]2(C)[C@H]3CC(=O)[C@@H]4[C@@H]5CC(C)(C)CC[C@]5(C(O)CCl)CC[C@@]4(C)[C@]3(C)CC[C@H]2C(C)(C)C1=O. The third-order valence-electron chi connectivity index (χ3n) is 13.3. The molecule has 0 spiro atoms. The molecule has 1 N–H and O–H groups in total. The van der Waals surface area contributed by atoms with E-state index in [-0.39, 0.29) is 68.1 Å². The van der Waals surface area contributed by atoms with Crippen molar-refractivity contribution in [2.24, 2.45) is 56.2 Å². The highest BCUT2D eigenvalue weighted by atomic mass is 35.5. The van der Waals surface area contributed by atoms with Gasteiger partial charge in [-0.15, -0.1) is 11.6 Å². The second-order valence-corrected chi connectivity index (χ2v) is 15.9. The summed E-state index contributed by atoms with van der Waals surface area (Å²) in [6.45, 7) is 23.5. The van der Waals surface area contributed by atoms with Gasteiger partial charge in [0, 0.05) is 29.0 Å². The number of carbonyl (C=O) groups is 2. The second kappa shape index (κ2) is 8.17. The molecule has 4 nitrogen and oxygen atoms in total. The molecule has 204 valence electrons. The topological polar surface area (TPSA) is 58.7 Å². The van der Waals surface area contributed by atoms with Gasteiger partial charge in [-0.2, -0.15) is 0 Å². The third kappa shape index (κ3) is 3.35. The Labute approximate surface area is 228 Å². The minimum absolute atomic E-state index is 0.0400. The van der Waals surface area contributed by atoms with Crippen molar-refractivity contribution in [3.8, 4) is 0 Å². The number of alkyl halides is 1. The zero-order valence-electron chi connectivity index (χ0n) is 23.9. The fourth-order valence-corrected chi connectivity index (χ4v) is 11.4. The molecule has 5 rings (SSSR count). The van der Waals surface area contributed by atoms with Crippen LogP contribution in [0.5, 0.6) is 0 Å². The van der Waals surface area contributed by atoms with Crippen LogP contribution in [0.4, 0.5) is 0 Å². The van der Waals surface area contributed by atoms with Crippen LogP contribution in [0.25, 0.3) is 4.85 Å². The Morgan fingerprint density at radius 1 is 1.00 bits per heavy atom. The van der Waals surface area contributed by atoms with Gasteiger partial charge < -0.3 is 9.90 Å². The number of ketones is 2. The molecule has 37 heavy (non-hydrogen) atoms. The molecule has 0 amide bonds. The van der Waals surface area contributed by atoms with Gasteiger partial charge in [0.1, 0.15) is 5.78 Å². The molecule has 0 bridgehead atoms. The van der Waals surface area contributed by atoms with Crippen molar-refractivity contribution in [3.05, 3.63) is 23.2 Å². The number of nitrogens with zero attached hydrogens (tertiary/aromatic N) is 1. The van der Waals surface area contributed by atoms with Crippen molar-refractivity contribution in [3.63, 3.8) is 0 Å². The molecule has 0 aromatic rings. The first kappa shape index (κ1) is 27.4. The molecule has 0 saturated heterocycles. The van der Waals surface area contributed by atoms with Crippen LogP contribution in [0.1, 0.15) is 99.8 Å². The summed E-state index contributed by atoms with van der Waals surface area (Å²) >= 11 is 6.32. The Morgan fingerprint density at radius 2 is 1.65 bits per heavy atom. The monoisotopic (exact) mass is 527 g/mol. The largest absolute Gasteiger partial charge is 0.391 e. The Bertz CT molecular complexity index is 1100. The number of hydrogen-bond donors (Lipinski definition) is 1. The number of allylic oxidation sites excluding steroid dienone is 2. The van der Waals surface area contributed by atoms with Gasteiger partial charge in [-0.3, -0.25) is 4.79 Å². The molecule has 0 aliphatic heterocycles. The average Bonchev–Trinajstić information content (AvgIpc) is 2.82. The molecule has 0 aromatic heterocycles. The number of Topliss-reactive ketones (excluding diaryl/α,β-unsaturated/α-hetero) is 2. The Morgan fingerprint density at radius 3 is 2.27 bits per heavy atom. The zero-order valence-corrected chi connectivity index (χ0v) is 24.7. The van der Waals surface area contributed by atoms with Gasteiger partial charge in [0.2, 0.25) is 5.70 Å². The van der Waals surface area contributed by atoms with Gasteiger partial charge in [0.15, 0.2) is 5.78 Å². The molecule has 5 aliphatic rings. The lowest BCUT2D eigenvalue weighted by molar-refractivity contribution is -0.232. The predicted molar refractivity (Wildman–Crippen MR) is 147 cm³/mol. The molecule has 0 heterocycles. The first-order valence-electron chi connectivity index (χ1n) is 14.5. The second-order valence-electron chi connectivity index (χ2n) is 15.6. The molecule has 4 saturated carbocycles. The van der Waals surface area contributed by atoms with Gasteiger partial charge in [-0.1, -0.05) is 54.5 Å². The summed E-state index contributed by atoms with van der Waals surface area (Å²) in [5, 5.41) is 11.3. The van der Waals surface area contributed by atoms with E-state index >= 15 is 0 Å². The molecule has 1 unspecified atom stereocenters. The Hall–Kier alpha value is -1.18. The summed E-state index contributed by atoms with van der Waals surface area (Å²) < 4.78 is 0. The van der Waals surface area contributed by atoms with Crippen LogP contribution < -0.4 is 0 Å². The summed E-state index contributed by atoms with van der Waals surface area (Å²) in [4.78, 5) is 31.4. The summed E-state index contributed by atoms with van der Waals surface area (Å²) in [6, 6.07) is 0. The number of rotatable bonds is 2. The van der Waals surface area contributed by atoms with Crippen LogP contribution in [0.3, 0.4) is 0 Å². The van der Waals surface area contributed by atoms with E-state index in [2.05, 4.69) is 39.5 Å². The Balaban J connectivity index is 1.64. The van der Waals surface area contributed by atoms with Crippen LogP contribution in [0.15, 0.2) is 11.8 Å². The van der Waals surface area contributed by atoms with Crippen LogP contribution >= 0.6 is 11.6 Å². The van der Waals surface area contributed by atoms with E-state index in [1.54, 1.807) is 0 Å². The first-order valence-corrected chi connectivity index (χ1v) is 15.0. The number of carbonyl (C=O) groups excluding carboxylic acids is 2. The van der Waals surface area contributed by atoms with Crippen molar-refractivity contribution in [1.82, 2.24) is 0 Å². The fourth-order valence-electron chi connectivity index (χ4n) is 11.1. The standard InChI is InChI=1S/C32H46ClNO3/c1-27(2)11-13-32(24(36)18-33)14-12-31(7)25(19(32)16-27)21(35)15-23-29(5)17-20(34-8)26(37)28(3,4)22(29)9-10-30(23,31)6/h17,19,22-25,36H,9-16,18H2,1-7H3/t19-,22-,23+,24?,25-,29-,30+,31+,32-/m0/s1. The van der Waals surface area contributed by atoms with Gasteiger partial charge in [-0.05, 0) is 84.4 Å². The van der Waals surface area contributed by atoms with E-state index in [0.29, 0.717) is 12.2 Å². The van der Waals surface area contributed by atoms with Crippen molar-refractivity contribution >= 4 is 23.2 Å². The molecule has 5 heteroatoms. The number of aliphatic hydroxyl groups is 1. The molecule has 0 radical (unpaired) electrons. The van der Waals surface area contributed by atoms with Gasteiger partial charge in [0.25, 0.3) is 0 Å². The Kier molecular flexibility index (Phi) is 6.05. The maximum Gasteiger partial charge on any atom is 0.226 e. The molecular formula is C32H46ClNO3. The average molecular weight is 528 g/mol. The molecule has 0 aromatic carbocycles. The quantitative estimate of drug-likeness (QED) is 0.304. The maximum atomic E-state index is 14.5. The van der Waals surface area contributed by atoms with Crippen LogP contribution in [0.2, 0.25) is 0 Å². The molecule has 9 atom stereocenters. The number of hydrogen-bond acceptors (Lipinski definition) is 3. The van der Waals surface area contributed by atoms with Crippen LogP contribution in [-0.2, 0) is 9.59 Å². The van der Waals surface area contributed by atoms with Crippen molar-refractivity contribution in [2.45, 2.75) is 106 Å². The van der Waals surface area contributed by atoms with Gasteiger partial charge >= 0.3 is 0 Å². The van der Waals surface area contributed by atoms with E-state index in [1.807, 2.05) is 19.9 Å². The highest BCUT2D eigenvalue weighted by Crippen LogP contribution is 2.76. The smallest absolute Gasteiger partial charge is 0.226 e. The summed E-state index contributed by atoms with van der Waals surface area (Å²) in [5.41, 5.74) is -1.13. The van der Waals surface area contributed by atoms with E-state index in [0.717, 1.165) is 44.9 Å². The zero-order chi connectivity index (χ0) is 27.4. The van der Waals surface area contributed by atoms with Gasteiger partial charge in [0.05, 0.1) is 12.7 Å². The number of aliphatic hydroxyl groups excluding tert-OH is 1. The predicted octanol–water partition coefficient (Wildman–Crippen LogP) is 7.24. The maximum absolute atomic E-state index is 14.5. The number of fused-ring (bicyclic) bond motifs is 7. The van der Waals surface area contributed by atoms with Crippen molar-refractivity contribution in [2.75, 3.05) is 5.88 Å². The molecule has 4 fully saturated rings. The highest BCUT2D eigenvalue weighted by Gasteiger charge is 2.72. The lowest BCUT2D eigenvalue weighted by Gasteiger charge is -2.72. The van der Waals surface area contributed by atoms with E-state index < -0.39 is 11.5 Å². The minimum atomic E-state index is -0.606. The van der Waals surface area contributed by atoms with E-state index in [4.69, 9.17) is 18.2 Å². The van der Waals surface area contributed by atoms with E-state index in [9.17, 15) is 14.7 Å². The normalized spacial score (nSPS) is 48.9. The summed E-state index contributed by atoms with van der Waals surface area (Å²) in [5.74, 6) is 0.800. The fraction of sp³-hybridized carbons (Fsp3) is 0.844. The summed E-state index contributed by atoms with van der Waals surface area (Å²) in [7, 11) is 0. The van der Waals surface area contributed by atoms with Crippen LogP contribution in [0, 0.1) is 62.7 Å². The van der Waals surface area contributed by atoms with Crippen molar-refractivity contribution < 1.29 is 14.7 Å². The minimum Gasteiger partial charge on any atom is -0.391 e. The number of halogens is 1. The lowest BCUT2D eigenvalue weighted by atomic mass is 9.31. The molecule has 5 aliphatic carbocycles. The van der Waals surface area contributed by atoms with Crippen LogP contribution in [-0.4, -0.2) is 28.7 Å². The van der Waals surface area contributed by atoms with Crippen molar-refractivity contribution in [1.29, 1.82) is 0 Å². The third-order valence-corrected chi connectivity index (χ3v) is 13.6. The summed E-state index contributed by atoms with van der Waals surface area (Å²) in [6.07, 6.45) is 8.61. The highest BCUT2D eigenvalue weighted by molar-refractivity contribution is 6.18. The molecular weight excluding hydrogens is 482 g/mol. The first-order chi connectivity index (χ1) is 17.0. The van der Waals surface area contributed by atoms with E-state index in [1.165, 1.54) is 0 Å². The van der Waals surface area contributed by atoms with Gasteiger partial charge in [-0.25, -0.2) is 4.85 Å². The lowest BCUT2D eigenvalue weighted by Crippen LogP contribution is -2.69.